The topological polar surface area (TPSA) is 29.1 Å². The molecule has 2 aromatic rings. The molecule has 0 aliphatic heterocycles. The first-order chi connectivity index (χ1) is 8.65. The van der Waals surface area contributed by atoms with Crippen molar-refractivity contribution >= 4 is 21.8 Å². The second kappa shape index (κ2) is 5.83. The van der Waals surface area contributed by atoms with E-state index in [0.717, 1.165) is 15.6 Å². The van der Waals surface area contributed by atoms with Crippen molar-refractivity contribution in [3.05, 3.63) is 69.7 Å². The van der Waals surface area contributed by atoms with Crippen molar-refractivity contribution in [3.8, 4) is 0 Å². The smallest absolute Gasteiger partial charge is 0.251 e. The normalized spacial score (nSPS) is 10.1. The van der Waals surface area contributed by atoms with E-state index in [-0.39, 0.29) is 5.91 Å². The molecule has 0 saturated heterocycles. The van der Waals surface area contributed by atoms with Gasteiger partial charge in [0.15, 0.2) is 0 Å². The van der Waals surface area contributed by atoms with Crippen LogP contribution < -0.4 is 5.32 Å². The van der Waals surface area contributed by atoms with E-state index in [1.807, 2.05) is 55.5 Å². The minimum atomic E-state index is -0.0402. The van der Waals surface area contributed by atoms with E-state index in [9.17, 15) is 4.79 Å². The number of amides is 1. The molecule has 0 heterocycles. The Kier molecular flexibility index (Phi) is 4.15. The third-order valence-corrected chi connectivity index (χ3v) is 3.18. The lowest BCUT2D eigenvalue weighted by atomic mass is 10.1. The Morgan fingerprint density at radius 3 is 2.56 bits per heavy atom. The van der Waals surface area contributed by atoms with Gasteiger partial charge in [-0.3, -0.25) is 4.79 Å². The fraction of sp³-hybridized carbons (Fsp3) is 0.133. The molecule has 0 unspecified atom stereocenters. The predicted octanol–water partition coefficient (Wildman–Crippen LogP) is 3.69. The minimum Gasteiger partial charge on any atom is -0.348 e. The number of aryl methyl sites for hydroxylation is 1. The van der Waals surface area contributed by atoms with E-state index >= 15 is 0 Å². The monoisotopic (exact) mass is 303 g/mol. The van der Waals surface area contributed by atoms with Crippen molar-refractivity contribution < 1.29 is 4.79 Å². The molecule has 0 aliphatic carbocycles. The summed E-state index contributed by atoms with van der Waals surface area (Å²) < 4.78 is 1.04. The number of hydrogen-bond donors (Lipinski definition) is 1. The van der Waals surface area contributed by atoms with Gasteiger partial charge < -0.3 is 5.32 Å². The summed E-state index contributed by atoms with van der Waals surface area (Å²) in [6.07, 6.45) is 0. The average Bonchev–Trinajstić information content (AvgIpc) is 2.38. The summed E-state index contributed by atoms with van der Waals surface area (Å²) in [7, 11) is 0. The molecule has 18 heavy (non-hydrogen) atoms. The van der Waals surface area contributed by atoms with E-state index in [0.29, 0.717) is 12.1 Å². The van der Waals surface area contributed by atoms with Gasteiger partial charge >= 0.3 is 0 Å². The molecule has 0 aliphatic rings. The predicted molar refractivity (Wildman–Crippen MR) is 76.5 cm³/mol. The maximum Gasteiger partial charge on any atom is 0.251 e. The molecule has 1 N–H and O–H groups in total. The van der Waals surface area contributed by atoms with Crippen LogP contribution in [-0.4, -0.2) is 5.91 Å². The maximum absolute atomic E-state index is 11.9. The van der Waals surface area contributed by atoms with E-state index in [4.69, 9.17) is 0 Å². The number of hydrogen-bond acceptors (Lipinski definition) is 1. The Labute approximate surface area is 115 Å². The Bertz CT molecular complexity index is 549. The van der Waals surface area contributed by atoms with Gasteiger partial charge in [0.25, 0.3) is 5.91 Å². The summed E-state index contributed by atoms with van der Waals surface area (Å²) in [6.45, 7) is 2.52. The second-order valence-electron chi connectivity index (χ2n) is 4.18. The zero-order valence-corrected chi connectivity index (χ0v) is 11.7. The van der Waals surface area contributed by atoms with E-state index < -0.39 is 0 Å². The molecule has 2 aromatic carbocycles. The number of nitrogens with one attached hydrogen (secondary N) is 1. The summed E-state index contributed by atoms with van der Waals surface area (Å²) in [6, 6.07) is 15.5. The van der Waals surface area contributed by atoms with Gasteiger partial charge in [0.1, 0.15) is 0 Å². The van der Waals surface area contributed by atoms with Gasteiger partial charge in [-0.25, -0.2) is 0 Å². The Hall–Kier alpha value is -1.61. The zero-order valence-electron chi connectivity index (χ0n) is 10.1. The molecule has 0 saturated carbocycles. The van der Waals surface area contributed by atoms with Gasteiger partial charge in [-0.2, -0.15) is 0 Å². The molecule has 2 rings (SSSR count). The van der Waals surface area contributed by atoms with Crippen LogP contribution in [0.25, 0.3) is 0 Å². The highest BCUT2D eigenvalue weighted by molar-refractivity contribution is 9.10. The second-order valence-corrected chi connectivity index (χ2v) is 5.09. The maximum atomic E-state index is 11.9. The highest BCUT2D eigenvalue weighted by atomic mass is 79.9. The van der Waals surface area contributed by atoms with Crippen molar-refractivity contribution in [2.24, 2.45) is 0 Å². The molecule has 0 aromatic heterocycles. The minimum absolute atomic E-state index is 0.0402. The molecule has 2 nitrogen and oxygen atoms in total. The molecule has 0 radical (unpaired) electrons. The van der Waals surface area contributed by atoms with Crippen LogP contribution in [0.1, 0.15) is 21.5 Å². The number of benzene rings is 2. The number of carbonyl (C=O) groups excluding carboxylic acids is 1. The molecular formula is C15H14BrNO. The zero-order chi connectivity index (χ0) is 13.0. The number of rotatable bonds is 3. The molecule has 0 atom stereocenters. The first-order valence-electron chi connectivity index (χ1n) is 5.74. The average molecular weight is 304 g/mol. The Morgan fingerprint density at radius 1 is 1.17 bits per heavy atom. The van der Waals surface area contributed by atoms with Gasteiger partial charge in [-0.1, -0.05) is 45.8 Å². The van der Waals surface area contributed by atoms with Crippen LogP contribution in [0.2, 0.25) is 0 Å². The van der Waals surface area contributed by atoms with Crippen LogP contribution in [0, 0.1) is 6.92 Å². The highest BCUT2D eigenvalue weighted by Crippen LogP contribution is 2.10. The van der Waals surface area contributed by atoms with Crippen LogP contribution in [0.4, 0.5) is 0 Å². The van der Waals surface area contributed by atoms with Gasteiger partial charge in [0.05, 0.1) is 0 Å². The first-order valence-corrected chi connectivity index (χ1v) is 6.54. The molecule has 0 spiro atoms. The van der Waals surface area contributed by atoms with Crippen molar-refractivity contribution in [2.75, 3.05) is 0 Å². The fourth-order valence-electron chi connectivity index (χ4n) is 1.67. The van der Waals surface area contributed by atoms with Gasteiger partial charge in [0.2, 0.25) is 0 Å². The largest absolute Gasteiger partial charge is 0.348 e. The van der Waals surface area contributed by atoms with Gasteiger partial charge in [-0.15, -0.1) is 0 Å². The lowest BCUT2D eigenvalue weighted by Crippen LogP contribution is -2.22. The van der Waals surface area contributed by atoms with Crippen LogP contribution in [0.3, 0.4) is 0 Å². The van der Waals surface area contributed by atoms with Crippen molar-refractivity contribution in [2.45, 2.75) is 13.5 Å². The molecule has 1 amide bonds. The highest BCUT2D eigenvalue weighted by Gasteiger charge is 2.04. The summed E-state index contributed by atoms with van der Waals surface area (Å²) in [5.74, 6) is -0.0402. The summed E-state index contributed by atoms with van der Waals surface area (Å²) in [4.78, 5) is 11.9. The van der Waals surface area contributed by atoms with Crippen molar-refractivity contribution in [3.63, 3.8) is 0 Å². The molecule has 0 bridgehead atoms. The van der Waals surface area contributed by atoms with E-state index in [1.54, 1.807) is 0 Å². The van der Waals surface area contributed by atoms with Crippen LogP contribution in [0.5, 0.6) is 0 Å². The SMILES string of the molecule is Cc1cccc(C(=O)NCc2ccc(Br)cc2)c1. The van der Waals surface area contributed by atoms with Crippen molar-refractivity contribution in [1.82, 2.24) is 5.32 Å². The van der Waals surface area contributed by atoms with E-state index in [2.05, 4.69) is 21.2 Å². The Balaban J connectivity index is 1.98. The van der Waals surface area contributed by atoms with Gasteiger partial charge in [-0.05, 0) is 36.8 Å². The lowest BCUT2D eigenvalue weighted by Gasteiger charge is -2.06. The van der Waals surface area contributed by atoms with Crippen LogP contribution >= 0.6 is 15.9 Å². The summed E-state index contributed by atoms with van der Waals surface area (Å²) >= 11 is 3.38. The molecular weight excluding hydrogens is 290 g/mol. The standard InChI is InChI=1S/C15H14BrNO/c1-11-3-2-4-13(9-11)15(18)17-10-12-5-7-14(16)8-6-12/h2-9H,10H2,1H3,(H,17,18). The fourth-order valence-corrected chi connectivity index (χ4v) is 1.94. The van der Waals surface area contributed by atoms with Crippen LogP contribution in [-0.2, 0) is 6.54 Å². The first kappa shape index (κ1) is 12.8. The Morgan fingerprint density at radius 2 is 1.89 bits per heavy atom. The quantitative estimate of drug-likeness (QED) is 0.920. The number of halogens is 1. The third-order valence-electron chi connectivity index (χ3n) is 2.65. The van der Waals surface area contributed by atoms with Crippen molar-refractivity contribution in [1.29, 1.82) is 0 Å². The van der Waals surface area contributed by atoms with Crippen LogP contribution in [0.15, 0.2) is 53.0 Å². The molecule has 92 valence electrons. The van der Waals surface area contributed by atoms with E-state index in [1.165, 1.54) is 0 Å². The molecule has 0 fully saturated rings. The lowest BCUT2D eigenvalue weighted by molar-refractivity contribution is 0.0951. The summed E-state index contributed by atoms with van der Waals surface area (Å²) in [5, 5.41) is 2.91. The number of carbonyl (C=O) groups is 1. The third kappa shape index (κ3) is 3.44. The van der Waals surface area contributed by atoms with Gasteiger partial charge in [0, 0.05) is 16.6 Å². The summed E-state index contributed by atoms with van der Waals surface area (Å²) in [5.41, 5.74) is 2.87. The molecule has 3 heteroatoms.